The first-order valence-corrected chi connectivity index (χ1v) is 10.5. The maximum atomic E-state index is 10.5. The first-order valence-electron chi connectivity index (χ1n) is 9.55. The van der Waals surface area contributed by atoms with Crippen LogP contribution in [-0.4, -0.2) is 41.0 Å². The molecule has 28 heavy (non-hydrogen) atoms. The fraction of sp³-hybridized carbons (Fsp3) is 0.429. The van der Waals surface area contributed by atoms with Crippen LogP contribution in [0.5, 0.6) is 5.75 Å². The van der Waals surface area contributed by atoms with E-state index in [-0.39, 0.29) is 6.42 Å². The lowest BCUT2D eigenvalue weighted by Gasteiger charge is -2.10. The molecular weight excluding hydrogens is 376 g/mol. The Balaban J connectivity index is 1.72. The van der Waals surface area contributed by atoms with E-state index in [1.165, 1.54) is 0 Å². The SMILES string of the molecule is COCCCn1c(-c2ccsc2)nc2ccc(OCCCCCC(=O)O)cc21. The lowest BCUT2D eigenvalue weighted by Crippen LogP contribution is -2.03. The molecule has 2 heterocycles. The van der Waals surface area contributed by atoms with Crippen molar-refractivity contribution in [3.8, 4) is 17.1 Å². The number of aliphatic carboxylic acids is 1. The summed E-state index contributed by atoms with van der Waals surface area (Å²) in [6.07, 6.45) is 3.52. The third-order valence-corrected chi connectivity index (χ3v) is 5.22. The molecule has 0 unspecified atom stereocenters. The van der Waals surface area contributed by atoms with Gasteiger partial charge in [-0.05, 0) is 49.3 Å². The van der Waals surface area contributed by atoms with Crippen LogP contribution in [0, 0.1) is 0 Å². The average Bonchev–Trinajstić information content (AvgIpc) is 3.32. The Morgan fingerprint density at radius 2 is 2.07 bits per heavy atom. The van der Waals surface area contributed by atoms with E-state index in [0.717, 1.165) is 54.0 Å². The number of imidazole rings is 1. The van der Waals surface area contributed by atoms with Gasteiger partial charge in [-0.1, -0.05) is 0 Å². The van der Waals surface area contributed by atoms with Crippen LogP contribution in [0.2, 0.25) is 0 Å². The van der Waals surface area contributed by atoms with Crippen molar-refractivity contribution in [2.24, 2.45) is 0 Å². The number of nitrogens with zero attached hydrogens (tertiary/aromatic N) is 2. The minimum Gasteiger partial charge on any atom is -0.494 e. The van der Waals surface area contributed by atoms with Crippen LogP contribution in [0.1, 0.15) is 32.1 Å². The van der Waals surface area contributed by atoms with Gasteiger partial charge in [-0.3, -0.25) is 4.79 Å². The second-order valence-electron chi connectivity index (χ2n) is 6.65. The first-order chi connectivity index (χ1) is 13.7. The van der Waals surface area contributed by atoms with E-state index in [4.69, 9.17) is 19.6 Å². The molecule has 3 rings (SSSR count). The highest BCUT2D eigenvalue weighted by Crippen LogP contribution is 2.29. The summed E-state index contributed by atoms with van der Waals surface area (Å²) in [4.78, 5) is 15.4. The number of carboxylic acid groups (broad SMARTS) is 1. The number of aryl methyl sites for hydroxylation is 1. The molecule has 0 amide bonds. The summed E-state index contributed by atoms with van der Waals surface area (Å²) in [5, 5.41) is 12.9. The van der Waals surface area contributed by atoms with Crippen LogP contribution in [0.25, 0.3) is 22.4 Å². The highest BCUT2D eigenvalue weighted by Gasteiger charge is 2.14. The van der Waals surface area contributed by atoms with Gasteiger partial charge in [-0.15, -0.1) is 0 Å². The summed E-state index contributed by atoms with van der Waals surface area (Å²) in [5.41, 5.74) is 3.13. The van der Waals surface area contributed by atoms with Gasteiger partial charge in [-0.25, -0.2) is 4.98 Å². The highest BCUT2D eigenvalue weighted by atomic mass is 32.1. The fourth-order valence-corrected chi connectivity index (χ4v) is 3.78. The van der Waals surface area contributed by atoms with E-state index in [1.807, 2.05) is 18.2 Å². The van der Waals surface area contributed by atoms with Crippen molar-refractivity contribution in [1.82, 2.24) is 9.55 Å². The number of thiophene rings is 1. The highest BCUT2D eigenvalue weighted by molar-refractivity contribution is 7.08. The number of ether oxygens (including phenoxy) is 2. The lowest BCUT2D eigenvalue weighted by molar-refractivity contribution is -0.137. The zero-order valence-electron chi connectivity index (χ0n) is 16.1. The Hall–Kier alpha value is -2.38. The molecule has 0 saturated carbocycles. The van der Waals surface area contributed by atoms with Gasteiger partial charge in [0.2, 0.25) is 0 Å². The van der Waals surface area contributed by atoms with Crippen molar-refractivity contribution >= 4 is 28.3 Å². The van der Waals surface area contributed by atoms with Crippen molar-refractivity contribution in [1.29, 1.82) is 0 Å². The second-order valence-corrected chi connectivity index (χ2v) is 7.43. The molecule has 6 nitrogen and oxygen atoms in total. The quantitative estimate of drug-likeness (QED) is 0.440. The van der Waals surface area contributed by atoms with Crippen LogP contribution in [0.15, 0.2) is 35.0 Å². The number of methoxy groups -OCH3 is 1. The number of benzene rings is 1. The molecule has 150 valence electrons. The number of unbranched alkanes of at least 4 members (excludes halogenated alkanes) is 2. The van der Waals surface area contributed by atoms with Crippen molar-refractivity contribution in [3.63, 3.8) is 0 Å². The van der Waals surface area contributed by atoms with Crippen molar-refractivity contribution in [3.05, 3.63) is 35.0 Å². The van der Waals surface area contributed by atoms with Crippen LogP contribution >= 0.6 is 11.3 Å². The zero-order valence-corrected chi connectivity index (χ0v) is 16.9. The fourth-order valence-electron chi connectivity index (χ4n) is 3.14. The summed E-state index contributed by atoms with van der Waals surface area (Å²) < 4.78 is 13.3. The molecule has 0 aliphatic heterocycles. The Bertz CT molecular complexity index is 889. The summed E-state index contributed by atoms with van der Waals surface area (Å²) in [6.45, 7) is 2.11. The predicted molar refractivity (Wildman–Crippen MR) is 111 cm³/mol. The number of carboxylic acids is 1. The molecule has 0 saturated heterocycles. The van der Waals surface area contributed by atoms with Gasteiger partial charge >= 0.3 is 5.97 Å². The first kappa shape index (κ1) is 20.4. The third kappa shape index (κ3) is 5.33. The van der Waals surface area contributed by atoms with Gasteiger partial charge in [0.15, 0.2) is 0 Å². The molecule has 1 aromatic carbocycles. The molecule has 7 heteroatoms. The van der Waals surface area contributed by atoms with Crippen molar-refractivity contribution in [2.75, 3.05) is 20.3 Å². The summed E-state index contributed by atoms with van der Waals surface area (Å²) >= 11 is 1.66. The van der Waals surface area contributed by atoms with Gasteiger partial charge in [0.1, 0.15) is 11.6 Å². The number of carbonyl (C=O) groups is 1. The number of hydrogen-bond donors (Lipinski definition) is 1. The number of hydrogen-bond acceptors (Lipinski definition) is 5. The van der Waals surface area contributed by atoms with Gasteiger partial charge < -0.3 is 19.1 Å². The second kappa shape index (κ2) is 10.2. The zero-order chi connectivity index (χ0) is 19.8. The molecule has 1 N–H and O–H groups in total. The molecule has 0 radical (unpaired) electrons. The molecule has 0 fully saturated rings. The van der Waals surface area contributed by atoms with Gasteiger partial charge in [-0.2, -0.15) is 11.3 Å². The summed E-state index contributed by atoms with van der Waals surface area (Å²) in [7, 11) is 1.72. The van der Waals surface area contributed by atoms with E-state index in [2.05, 4.69) is 21.4 Å². The number of rotatable bonds is 12. The molecule has 0 atom stereocenters. The molecule has 0 spiro atoms. The molecule has 2 aromatic heterocycles. The largest absolute Gasteiger partial charge is 0.494 e. The molecule has 0 aliphatic rings. The Labute approximate surface area is 168 Å². The topological polar surface area (TPSA) is 73.6 Å². The predicted octanol–water partition coefficient (Wildman–Crippen LogP) is 4.83. The van der Waals surface area contributed by atoms with E-state index < -0.39 is 5.97 Å². The third-order valence-electron chi connectivity index (χ3n) is 4.53. The van der Waals surface area contributed by atoms with Gasteiger partial charge in [0, 0.05) is 43.7 Å². The number of fused-ring (bicyclic) bond motifs is 1. The van der Waals surface area contributed by atoms with E-state index in [0.29, 0.717) is 19.6 Å². The average molecular weight is 403 g/mol. The van der Waals surface area contributed by atoms with Crippen molar-refractivity contribution in [2.45, 2.75) is 38.6 Å². The van der Waals surface area contributed by atoms with Gasteiger partial charge in [0.05, 0.1) is 17.6 Å². The molecule has 0 bridgehead atoms. The van der Waals surface area contributed by atoms with E-state index in [1.54, 1.807) is 18.4 Å². The maximum Gasteiger partial charge on any atom is 0.303 e. The molecule has 3 aromatic rings. The molecule has 0 aliphatic carbocycles. The normalized spacial score (nSPS) is 11.2. The Morgan fingerprint density at radius 1 is 1.18 bits per heavy atom. The minimum absolute atomic E-state index is 0.220. The van der Waals surface area contributed by atoms with Crippen molar-refractivity contribution < 1.29 is 19.4 Å². The Kier molecular flexibility index (Phi) is 7.45. The summed E-state index contributed by atoms with van der Waals surface area (Å²) in [6, 6.07) is 8.08. The number of aromatic nitrogens is 2. The molecular formula is C21H26N2O4S. The van der Waals surface area contributed by atoms with E-state index in [9.17, 15) is 4.79 Å². The lowest BCUT2D eigenvalue weighted by atomic mass is 10.2. The van der Waals surface area contributed by atoms with Crippen LogP contribution in [0.4, 0.5) is 0 Å². The van der Waals surface area contributed by atoms with E-state index >= 15 is 0 Å². The summed E-state index contributed by atoms with van der Waals surface area (Å²) in [5.74, 6) is 1.04. The minimum atomic E-state index is -0.741. The van der Waals surface area contributed by atoms with Gasteiger partial charge in [0.25, 0.3) is 0 Å². The maximum absolute atomic E-state index is 10.5. The van der Waals surface area contributed by atoms with Crippen LogP contribution in [-0.2, 0) is 16.1 Å². The smallest absolute Gasteiger partial charge is 0.303 e. The standard InChI is InChI=1S/C21H26N2O4S/c1-26-11-5-10-23-19-14-17(27-12-4-2-3-6-20(24)25)7-8-18(19)22-21(23)16-9-13-28-15-16/h7-9,13-15H,2-6,10-12H2,1H3,(H,24,25). The van der Waals surface area contributed by atoms with Crippen LogP contribution < -0.4 is 4.74 Å². The van der Waals surface area contributed by atoms with Crippen LogP contribution in [0.3, 0.4) is 0 Å². The monoisotopic (exact) mass is 402 g/mol. The Morgan fingerprint density at radius 3 is 2.82 bits per heavy atom.